The minimum atomic E-state index is -4.43. The molecule has 0 aliphatic rings. The first-order chi connectivity index (χ1) is 8.86. The zero-order chi connectivity index (χ0) is 14.0. The lowest BCUT2D eigenvalue weighted by molar-refractivity contribution is -0.138. The summed E-state index contributed by atoms with van der Waals surface area (Å²) in [5.74, 6) is 0.452. The fourth-order valence-electron chi connectivity index (χ4n) is 1.41. The van der Waals surface area contributed by atoms with E-state index >= 15 is 0 Å². The molecule has 0 spiro atoms. The summed E-state index contributed by atoms with van der Waals surface area (Å²) in [6, 6.07) is 3.78. The molecule has 0 unspecified atom stereocenters. The van der Waals surface area contributed by atoms with Crippen LogP contribution < -0.4 is 11.1 Å². The van der Waals surface area contributed by atoms with Gasteiger partial charge >= 0.3 is 6.18 Å². The first kappa shape index (κ1) is 13.6. The van der Waals surface area contributed by atoms with E-state index in [0.717, 1.165) is 6.07 Å². The number of hydrogen-bond donors (Lipinski definition) is 2. The zero-order valence-electron chi connectivity index (χ0n) is 9.37. The average molecular weight is 333 g/mol. The molecular weight excluding hydrogens is 325 g/mol. The molecule has 2 rings (SSSR count). The first-order valence-corrected chi connectivity index (χ1v) is 5.87. The lowest BCUT2D eigenvalue weighted by Crippen LogP contribution is -2.07. The molecule has 19 heavy (non-hydrogen) atoms. The van der Waals surface area contributed by atoms with Crippen LogP contribution in [0.1, 0.15) is 5.56 Å². The van der Waals surface area contributed by atoms with Crippen LogP contribution in [0.25, 0.3) is 0 Å². The van der Waals surface area contributed by atoms with Crippen molar-refractivity contribution in [2.45, 2.75) is 6.18 Å². The van der Waals surface area contributed by atoms with Crippen LogP contribution in [0, 0.1) is 0 Å². The Hall–Kier alpha value is -1.83. The Kier molecular flexibility index (Phi) is 3.61. The largest absolute Gasteiger partial charge is 0.417 e. The Labute approximate surface area is 115 Å². The van der Waals surface area contributed by atoms with Gasteiger partial charge in [0.2, 0.25) is 0 Å². The van der Waals surface area contributed by atoms with E-state index < -0.39 is 11.7 Å². The zero-order valence-corrected chi connectivity index (χ0v) is 11.0. The number of nitrogens with two attached hydrogens (primary N) is 1. The van der Waals surface area contributed by atoms with Gasteiger partial charge in [0.1, 0.15) is 5.82 Å². The van der Waals surface area contributed by atoms with E-state index in [-0.39, 0.29) is 21.8 Å². The van der Waals surface area contributed by atoms with Crippen LogP contribution >= 0.6 is 15.9 Å². The topological polar surface area (TPSA) is 63.8 Å². The van der Waals surface area contributed by atoms with Crippen LogP contribution in [0.4, 0.5) is 30.5 Å². The van der Waals surface area contributed by atoms with Gasteiger partial charge in [0.15, 0.2) is 5.82 Å². The highest BCUT2D eigenvalue weighted by Crippen LogP contribution is 2.36. The fourth-order valence-corrected chi connectivity index (χ4v) is 1.88. The van der Waals surface area contributed by atoms with Gasteiger partial charge in [-0.1, -0.05) is 15.9 Å². The molecule has 0 bridgehead atoms. The van der Waals surface area contributed by atoms with Crippen molar-refractivity contribution < 1.29 is 13.2 Å². The number of rotatable bonds is 2. The molecule has 100 valence electrons. The summed E-state index contributed by atoms with van der Waals surface area (Å²) in [6.07, 6.45) is -1.72. The molecule has 0 aliphatic heterocycles. The second-order valence-electron chi connectivity index (χ2n) is 3.65. The highest BCUT2D eigenvalue weighted by molar-refractivity contribution is 9.10. The van der Waals surface area contributed by atoms with Crippen molar-refractivity contribution >= 4 is 33.3 Å². The van der Waals surface area contributed by atoms with Crippen LogP contribution in [0.15, 0.2) is 35.1 Å². The molecule has 8 heteroatoms. The highest BCUT2D eigenvalue weighted by Gasteiger charge is 2.33. The second kappa shape index (κ2) is 5.04. The molecule has 4 nitrogen and oxygen atoms in total. The van der Waals surface area contributed by atoms with Crippen molar-refractivity contribution in [3.63, 3.8) is 0 Å². The van der Waals surface area contributed by atoms with Crippen LogP contribution in [-0.2, 0) is 6.18 Å². The molecule has 3 N–H and O–H groups in total. The molecule has 1 heterocycles. The number of benzene rings is 1. The van der Waals surface area contributed by atoms with Crippen LogP contribution in [0.2, 0.25) is 0 Å². The van der Waals surface area contributed by atoms with Crippen molar-refractivity contribution in [3.05, 3.63) is 40.6 Å². The van der Waals surface area contributed by atoms with E-state index in [9.17, 15) is 13.2 Å². The number of anilines is 3. The smallest absolute Gasteiger partial charge is 0.382 e. The van der Waals surface area contributed by atoms with Gasteiger partial charge in [-0.05, 0) is 18.2 Å². The highest BCUT2D eigenvalue weighted by atomic mass is 79.9. The van der Waals surface area contributed by atoms with E-state index in [1.807, 2.05) is 0 Å². The van der Waals surface area contributed by atoms with E-state index in [4.69, 9.17) is 5.73 Å². The second-order valence-corrected chi connectivity index (χ2v) is 4.50. The van der Waals surface area contributed by atoms with Gasteiger partial charge in [0, 0.05) is 10.2 Å². The van der Waals surface area contributed by atoms with Gasteiger partial charge in [-0.25, -0.2) is 4.98 Å². The van der Waals surface area contributed by atoms with Gasteiger partial charge in [-0.15, -0.1) is 0 Å². The number of nitrogens with zero attached hydrogens (tertiary/aromatic N) is 2. The van der Waals surface area contributed by atoms with E-state index in [2.05, 4.69) is 31.2 Å². The van der Waals surface area contributed by atoms with Gasteiger partial charge in [-0.3, -0.25) is 4.98 Å². The number of nitrogen functional groups attached to an aromatic ring is 1. The first-order valence-electron chi connectivity index (χ1n) is 5.07. The predicted molar refractivity (Wildman–Crippen MR) is 68.9 cm³/mol. The van der Waals surface area contributed by atoms with E-state index in [1.54, 1.807) is 0 Å². The number of halogens is 4. The molecular formula is C11H8BrF3N4. The maximum absolute atomic E-state index is 12.7. The third-order valence-corrected chi connectivity index (χ3v) is 2.89. The summed E-state index contributed by atoms with van der Waals surface area (Å²) in [4.78, 5) is 7.68. The Balaban J connectivity index is 2.32. The SMILES string of the molecule is Nc1cncc(Nc2ccc(Br)c(C(F)(F)F)c2)n1. The van der Waals surface area contributed by atoms with Gasteiger partial charge in [0.25, 0.3) is 0 Å². The molecule has 0 fully saturated rings. The minimum absolute atomic E-state index is 0.0239. The predicted octanol–water partition coefficient (Wildman–Crippen LogP) is 3.58. The Morgan fingerprint density at radius 2 is 1.95 bits per heavy atom. The fraction of sp³-hybridized carbons (Fsp3) is 0.0909. The van der Waals surface area contributed by atoms with Crippen LogP contribution in [0.5, 0.6) is 0 Å². The molecule has 1 aromatic carbocycles. The Morgan fingerprint density at radius 3 is 2.58 bits per heavy atom. The van der Waals surface area contributed by atoms with Crippen LogP contribution in [0.3, 0.4) is 0 Å². The molecule has 0 amide bonds. The molecule has 2 aromatic rings. The Bertz CT molecular complexity index is 601. The van der Waals surface area contributed by atoms with Crippen molar-refractivity contribution in [2.24, 2.45) is 0 Å². The lowest BCUT2D eigenvalue weighted by atomic mass is 10.2. The quantitative estimate of drug-likeness (QED) is 0.882. The van der Waals surface area contributed by atoms with Crippen LogP contribution in [-0.4, -0.2) is 9.97 Å². The normalized spacial score (nSPS) is 11.4. The standard InChI is InChI=1S/C11H8BrF3N4/c12-8-2-1-6(3-7(8)11(13,14)15)18-10-5-17-4-9(16)19-10/h1-5H,(H3,16,18,19). The van der Waals surface area contributed by atoms with Gasteiger partial charge in [-0.2, -0.15) is 13.2 Å². The van der Waals surface area contributed by atoms with Crippen molar-refractivity contribution in [2.75, 3.05) is 11.1 Å². The van der Waals surface area contributed by atoms with Gasteiger partial charge in [0.05, 0.1) is 18.0 Å². The number of alkyl halides is 3. The monoisotopic (exact) mass is 332 g/mol. The number of nitrogens with one attached hydrogen (secondary N) is 1. The maximum atomic E-state index is 12.7. The van der Waals surface area contributed by atoms with Crippen molar-refractivity contribution in [3.8, 4) is 0 Å². The summed E-state index contributed by atoms with van der Waals surface area (Å²) >= 11 is 2.87. The molecule has 0 saturated carbocycles. The van der Waals surface area contributed by atoms with Gasteiger partial charge < -0.3 is 11.1 Å². The summed E-state index contributed by atoms with van der Waals surface area (Å²) in [7, 11) is 0. The summed E-state index contributed by atoms with van der Waals surface area (Å²) in [5, 5.41) is 2.71. The van der Waals surface area contributed by atoms with Crippen molar-refractivity contribution in [1.29, 1.82) is 0 Å². The van der Waals surface area contributed by atoms with Crippen molar-refractivity contribution in [1.82, 2.24) is 9.97 Å². The maximum Gasteiger partial charge on any atom is 0.417 e. The average Bonchev–Trinajstić information content (AvgIpc) is 2.30. The molecule has 0 atom stereocenters. The number of aromatic nitrogens is 2. The summed E-state index contributed by atoms with van der Waals surface area (Å²) < 4.78 is 38.2. The Morgan fingerprint density at radius 1 is 1.21 bits per heavy atom. The molecule has 0 aliphatic carbocycles. The summed E-state index contributed by atoms with van der Waals surface area (Å²) in [6.45, 7) is 0. The van der Waals surface area contributed by atoms with E-state index in [0.29, 0.717) is 0 Å². The molecule has 1 aromatic heterocycles. The summed E-state index contributed by atoms with van der Waals surface area (Å²) in [5.41, 5.74) is 4.91. The van der Waals surface area contributed by atoms with E-state index in [1.165, 1.54) is 24.5 Å². The minimum Gasteiger partial charge on any atom is -0.382 e. The molecule has 0 saturated heterocycles. The third-order valence-electron chi connectivity index (χ3n) is 2.20. The number of hydrogen-bond acceptors (Lipinski definition) is 4. The third kappa shape index (κ3) is 3.34. The lowest BCUT2D eigenvalue weighted by Gasteiger charge is -2.12. The molecule has 0 radical (unpaired) electrons.